The Hall–Kier alpha value is -2.25. The molecule has 0 saturated carbocycles. The quantitative estimate of drug-likeness (QED) is 0.202. The van der Waals surface area contributed by atoms with E-state index in [4.69, 9.17) is 5.73 Å². The number of rotatable bonds is 10. The smallest absolute Gasteiger partial charge is 0.326 e. The first-order valence-electron chi connectivity index (χ1n) is 9.37. The molecule has 1 fully saturated rings. The highest BCUT2D eigenvalue weighted by molar-refractivity contribution is 7.80. The van der Waals surface area contributed by atoms with E-state index in [0.717, 1.165) is 0 Å². The van der Waals surface area contributed by atoms with Gasteiger partial charge in [0.1, 0.15) is 18.1 Å². The summed E-state index contributed by atoms with van der Waals surface area (Å²) in [5.74, 6) is -2.64. The molecule has 13 heteroatoms. The molecule has 2 heterocycles. The van der Waals surface area contributed by atoms with Crippen molar-refractivity contribution in [3.8, 4) is 0 Å². The number of carboxylic acids is 1. The summed E-state index contributed by atoms with van der Waals surface area (Å²) in [6.07, 6.45) is 3.88. The van der Waals surface area contributed by atoms with E-state index in [2.05, 4.69) is 45.9 Å². The van der Waals surface area contributed by atoms with Crippen molar-refractivity contribution < 1.29 is 24.3 Å². The molecule has 1 saturated heterocycles. The molecule has 166 valence electrons. The van der Waals surface area contributed by atoms with Crippen molar-refractivity contribution in [1.29, 1.82) is 0 Å². The maximum absolute atomic E-state index is 12.9. The van der Waals surface area contributed by atoms with Crippen molar-refractivity contribution in [3.05, 3.63) is 18.2 Å². The summed E-state index contributed by atoms with van der Waals surface area (Å²) >= 11 is 8.08. The molecule has 1 aliphatic rings. The van der Waals surface area contributed by atoms with Crippen molar-refractivity contribution in [2.24, 2.45) is 5.73 Å². The number of imidazole rings is 1. The van der Waals surface area contributed by atoms with Crippen molar-refractivity contribution in [3.63, 3.8) is 0 Å². The van der Waals surface area contributed by atoms with E-state index in [-0.39, 0.29) is 17.9 Å². The van der Waals surface area contributed by atoms with Gasteiger partial charge in [0.15, 0.2) is 0 Å². The highest BCUT2D eigenvalue weighted by Gasteiger charge is 2.38. The Balaban J connectivity index is 2.05. The predicted octanol–water partition coefficient (Wildman–Crippen LogP) is -1.82. The molecule has 0 radical (unpaired) electrons. The van der Waals surface area contributed by atoms with Gasteiger partial charge < -0.3 is 31.4 Å². The Morgan fingerprint density at radius 3 is 2.57 bits per heavy atom. The zero-order valence-corrected chi connectivity index (χ0v) is 17.9. The number of aliphatic carboxylic acids is 1. The molecule has 0 aromatic carbocycles. The summed E-state index contributed by atoms with van der Waals surface area (Å²) < 4.78 is 0. The second-order valence-electron chi connectivity index (χ2n) is 6.90. The van der Waals surface area contributed by atoms with Gasteiger partial charge in [-0.25, -0.2) is 9.78 Å². The maximum atomic E-state index is 12.9. The normalized spacial score (nSPS) is 19.0. The molecular formula is C17H26N6O5S2. The molecule has 1 aromatic heterocycles. The van der Waals surface area contributed by atoms with Crippen LogP contribution in [0.5, 0.6) is 0 Å². The topological polar surface area (TPSA) is 171 Å². The Labute approximate surface area is 184 Å². The van der Waals surface area contributed by atoms with Crippen LogP contribution >= 0.6 is 25.3 Å². The number of carbonyl (C=O) groups is 4. The Morgan fingerprint density at radius 1 is 1.27 bits per heavy atom. The lowest BCUT2D eigenvalue weighted by atomic mass is 10.1. The number of carboxylic acid groups (broad SMARTS) is 1. The van der Waals surface area contributed by atoms with E-state index in [0.29, 0.717) is 25.1 Å². The number of likely N-dealkylation sites (tertiary alicyclic amines) is 1. The molecule has 0 spiro atoms. The van der Waals surface area contributed by atoms with Crippen LogP contribution in [-0.2, 0) is 25.6 Å². The van der Waals surface area contributed by atoms with Gasteiger partial charge in [-0.15, -0.1) is 0 Å². The van der Waals surface area contributed by atoms with Crippen LogP contribution in [0.1, 0.15) is 18.5 Å². The first kappa shape index (κ1) is 24.0. The van der Waals surface area contributed by atoms with E-state index in [1.165, 1.54) is 17.4 Å². The van der Waals surface area contributed by atoms with Gasteiger partial charge in [0, 0.05) is 36.4 Å². The first-order valence-corrected chi connectivity index (χ1v) is 10.6. The number of hydrogen-bond donors (Lipinski definition) is 7. The van der Waals surface area contributed by atoms with Crippen LogP contribution in [0.3, 0.4) is 0 Å². The average molecular weight is 459 g/mol. The fourth-order valence-electron chi connectivity index (χ4n) is 3.13. The fraction of sp³-hybridized carbons (Fsp3) is 0.588. The van der Waals surface area contributed by atoms with Crippen LogP contribution < -0.4 is 16.4 Å². The molecule has 0 aliphatic carbocycles. The zero-order chi connectivity index (χ0) is 22.3. The van der Waals surface area contributed by atoms with Gasteiger partial charge >= 0.3 is 5.97 Å². The highest BCUT2D eigenvalue weighted by Crippen LogP contribution is 2.19. The minimum absolute atomic E-state index is 0.0201. The van der Waals surface area contributed by atoms with E-state index in [9.17, 15) is 24.3 Å². The summed E-state index contributed by atoms with van der Waals surface area (Å²) in [5, 5.41) is 14.4. The number of thiol groups is 2. The summed E-state index contributed by atoms with van der Waals surface area (Å²) in [6, 6.07) is -3.84. The highest BCUT2D eigenvalue weighted by atomic mass is 32.1. The molecule has 4 atom stereocenters. The van der Waals surface area contributed by atoms with Gasteiger partial charge in [-0.1, -0.05) is 0 Å². The molecule has 1 aliphatic heterocycles. The minimum atomic E-state index is -1.20. The van der Waals surface area contributed by atoms with Crippen molar-refractivity contribution in [1.82, 2.24) is 25.5 Å². The van der Waals surface area contributed by atoms with Gasteiger partial charge in [-0.3, -0.25) is 14.4 Å². The fourth-order valence-corrected chi connectivity index (χ4v) is 3.55. The number of amides is 3. The summed E-state index contributed by atoms with van der Waals surface area (Å²) in [4.78, 5) is 57.2. The first-order chi connectivity index (χ1) is 14.3. The van der Waals surface area contributed by atoms with Crippen LogP contribution in [0.25, 0.3) is 0 Å². The molecule has 3 amide bonds. The largest absolute Gasteiger partial charge is 0.480 e. The lowest BCUT2D eigenvalue weighted by molar-refractivity contribution is -0.144. The Morgan fingerprint density at radius 2 is 2.00 bits per heavy atom. The van der Waals surface area contributed by atoms with Crippen LogP contribution in [-0.4, -0.2) is 85.9 Å². The summed E-state index contributed by atoms with van der Waals surface area (Å²) in [6.45, 7) is 0.313. The summed E-state index contributed by atoms with van der Waals surface area (Å²) in [5.41, 5.74) is 6.18. The SMILES string of the molecule is NC(CS)C(=O)NC(CS)C(=O)N1CCCC1C(=O)NC(Cc1cnc[nH]1)C(=O)O. The molecule has 6 N–H and O–H groups in total. The lowest BCUT2D eigenvalue weighted by Crippen LogP contribution is -2.57. The third kappa shape index (κ3) is 6.12. The number of nitrogens with one attached hydrogen (secondary N) is 3. The zero-order valence-electron chi connectivity index (χ0n) is 16.2. The molecule has 4 unspecified atom stereocenters. The number of carbonyl (C=O) groups excluding carboxylic acids is 3. The third-order valence-electron chi connectivity index (χ3n) is 4.76. The lowest BCUT2D eigenvalue weighted by Gasteiger charge is -2.29. The van der Waals surface area contributed by atoms with Gasteiger partial charge in [-0.2, -0.15) is 25.3 Å². The molecule has 2 rings (SSSR count). The molecular weight excluding hydrogens is 432 g/mol. The standard InChI is InChI=1S/C17H26N6O5S2/c18-10(6-29)14(24)22-12(7-30)16(26)23-3-1-2-13(23)15(25)21-11(17(27)28)4-9-5-19-8-20-9/h5,8,10-13,29-30H,1-4,6-7,18H2,(H,19,20)(H,21,25)(H,22,24)(H,27,28). The molecule has 0 bridgehead atoms. The molecule has 30 heavy (non-hydrogen) atoms. The Bertz CT molecular complexity index is 762. The van der Waals surface area contributed by atoms with Gasteiger partial charge in [0.05, 0.1) is 12.4 Å². The van der Waals surface area contributed by atoms with Crippen LogP contribution in [0.15, 0.2) is 12.5 Å². The maximum Gasteiger partial charge on any atom is 0.326 e. The molecule has 11 nitrogen and oxygen atoms in total. The average Bonchev–Trinajstić information content (AvgIpc) is 3.41. The van der Waals surface area contributed by atoms with E-state index < -0.39 is 47.9 Å². The number of aromatic nitrogens is 2. The van der Waals surface area contributed by atoms with Gasteiger partial charge in [0.2, 0.25) is 17.7 Å². The van der Waals surface area contributed by atoms with E-state index in [1.807, 2.05) is 0 Å². The second kappa shape index (κ2) is 11.2. The van der Waals surface area contributed by atoms with Crippen LogP contribution in [0.4, 0.5) is 0 Å². The van der Waals surface area contributed by atoms with Gasteiger partial charge in [-0.05, 0) is 12.8 Å². The van der Waals surface area contributed by atoms with E-state index in [1.54, 1.807) is 0 Å². The number of H-pyrrole nitrogens is 1. The van der Waals surface area contributed by atoms with Crippen molar-refractivity contribution >= 4 is 48.9 Å². The number of nitrogens with two attached hydrogens (primary N) is 1. The third-order valence-corrected chi connectivity index (χ3v) is 5.52. The minimum Gasteiger partial charge on any atom is -0.480 e. The number of hydrogen-bond acceptors (Lipinski definition) is 8. The van der Waals surface area contributed by atoms with Crippen molar-refractivity contribution in [2.45, 2.75) is 43.4 Å². The van der Waals surface area contributed by atoms with E-state index >= 15 is 0 Å². The second-order valence-corrected chi connectivity index (χ2v) is 7.63. The monoisotopic (exact) mass is 458 g/mol. The number of nitrogens with zero attached hydrogens (tertiary/aromatic N) is 2. The summed E-state index contributed by atoms with van der Waals surface area (Å²) in [7, 11) is 0. The van der Waals surface area contributed by atoms with Gasteiger partial charge in [0.25, 0.3) is 0 Å². The van der Waals surface area contributed by atoms with Crippen LogP contribution in [0, 0.1) is 0 Å². The Kier molecular flexibility index (Phi) is 8.99. The van der Waals surface area contributed by atoms with Crippen molar-refractivity contribution in [2.75, 3.05) is 18.1 Å². The number of aromatic amines is 1. The van der Waals surface area contributed by atoms with Crippen LogP contribution in [0.2, 0.25) is 0 Å². The predicted molar refractivity (Wildman–Crippen MR) is 114 cm³/mol. The molecule has 1 aromatic rings.